The van der Waals surface area contributed by atoms with Gasteiger partial charge in [0, 0.05) is 26.3 Å². The Hall–Kier alpha value is -3.62. The summed E-state index contributed by atoms with van der Waals surface area (Å²) in [6.45, 7) is 0.677. The van der Waals surface area contributed by atoms with E-state index >= 15 is 0 Å². The molecule has 3 N–H and O–H groups in total. The number of nitrogens with two attached hydrogens (primary N) is 1. The lowest BCUT2D eigenvalue weighted by atomic mass is 10.1. The van der Waals surface area contributed by atoms with Crippen molar-refractivity contribution in [3.63, 3.8) is 0 Å². The van der Waals surface area contributed by atoms with Gasteiger partial charge in [-0.2, -0.15) is 19.5 Å². The fraction of sp³-hybridized carbons (Fsp3) is 0.222. The van der Waals surface area contributed by atoms with Gasteiger partial charge < -0.3 is 20.4 Å². The first-order valence-corrected chi connectivity index (χ1v) is 8.54. The van der Waals surface area contributed by atoms with Gasteiger partial charge in [0.2, 0.25) is 17.7 Å². The van der Waals surface area contributed by atoms with Crippen LogP contribution in [0.4, 0.5) is 17.6 Å². The first kappa shape index (κ1) is 16.8. The molecule has 0 fully saturated rings. The summed E-state index contributed by atoms with van der Waals surface area (Å²) in [5.74, 6) is 1.97. The zero-order chi connectivity index (χ0) is 18.8. The fourth-order valence-electron chi connectivity index (χ4n) is 2.67. The summed E-state index contributed by atoms with van der Waals surface area (Å²) in [6, 6.07) is 12.0. The molecule has 9 heteroatoms. The third-order valence-electron chi connectivity index (χ3n) is 4.12. The largest absolute Gasteiger partial charge is 0.461 e. The maximum Gasteiger partial charge on any atom is 0.259 e. The summed E-state index contributed by atoms with van der Waals surface area (Å²) >= 11 is 0. The molecule has 4 rings (SSSR count). The van der Waals surface area contributed by atoms with Crippen molar-refractivity contribution in [2.75, 3.05) is 36.6 Å². The Morgan fingerprint density at radius 3 is 2.63 bits per heavy atom. The van der Waals surface area contributed by atoms with Gasteiger partial charge in [-0.15, -0.1) is 5.10 Å². The second-order valence-electron chi connectivity index (χ2n) is 6.27. The molecule has 3 aromatic heterocycles. The van der Waals surface area contributed by atoms with E-state index < -0.39 is 0 Å². The summed E-state index contributed by atoms with van der Waals surface area (Å²) in [4.78, 5) is 15.0. The molecule has 0 bridgehead atoms. The highest BCUT2D eigenvalue weighted by Gasteiger charge is 2.13. The van der Waals surface area contributed by atoms with Crippen molar-refractivity contribution in [3.05, 3.63) is 48.2 Å². The second kappa shape index (κ2) is 6.94. The van der Waals surface area contributed by atoms with Crippen LogP contribution in [0.2, 0.25) is 0 Å². The summed E-state index contributed by atoms with van der Waals surface area (Å²) in [5.41, 5.74) is 8.39. The molecular weight excluding hydrogens is 344 g/mol. The molecule has 0 aliphatic carbocycles. The quantitative estimate of drug-likeness (QED) is 0.535. The number of aromatic nitrogens is 5. The van der Waals surface area contributed by atoms with Crippen LogP contribution in [0.15, 0.2) is 47.1 Å². The lowest BCUT2D eigenvalue weighted by Gasteiger charge is -2.12. The molecule has 3 heterocycles. The van der Waals surface area contributed by atoms with E-state index in [4.69, 9.17) is 10.2 Å². The normalized spacial score (nSPS) is 11.0. The highest BCUT2D eigenvalue weighted by Crippen LogP contribution is 2.18. The average Bonchev–Trinajstić information content (AvgIpc) is 3.32. The van der Waals surface area contributed by atoms with E-state index in [-0.39, 0.29) is 5.95 Å². The molecule has 0 saturated carbocycles. The minimum absolute atomic E-state index is 0.211. The maximum atomic E-state index is 5.99. The van der Waals surface area contributed by atoms with E-state index in [0.717, 1.165) is 6.42 Å². The van der Waals surface area contributed by atoms with Crippen LogP contribution in [0, 0.1) is 0 Å². The summed E-state index contributed by atoms with van der Waals surface area (Å²) in [7, 11) is 4.05. The standard InChI is InChI=1S/C18H20N8O/c1-25(2)13-7-5-12(6-8-13)9-10-20-17-22-16(19)26-18(23-17)21-15(24-26)14-4-3-11-27-14/h3-8,11H,9-10H2,1-2H3,(H3,19,20,21,22,23,24). The van der Waals surface area contributed by atoms with Gasteiger partial charge in [0.25, 0.3) is 5.78 Å². The van der Waals surface area contributed by atoms with Gasteiger partial charge in [-0.05, 0) is 36.2 Å². The van der Waals surface area contributed by atoms with E-state index in [0.29, 0.717) is 29.9 Å². The molecule has 0 aliphatic rings. The van der Waals surface area contributed by atoms with E-state index in [1.165, 1.54) is 15.8 Å². The molecule has 1 aromatic carbocycles. The van der Waals surface area contributed by atoms with Crippen LogP contribution in [-0.2, 0) is 6.42 Å². The van der Waals surface area contributed by atoms with Crippen LogP contribution < -0.4 is 16.0 Å². The van der Waals surface area contributed by atoms with Crippen molar-refractivity contribution in [1.29, 1.82) is 0 Å². The van der Waals surface area contributed by atoms with Crippen molar-refractivity contribution in [2.24, 2.45) is 0 Å². The van der Waals surface area contributed by atoms with Crippen molar-refractivity contribution >= 4 is 23.4 Å². The Morgan fingerprint density at radius 1 is 1.11 bits per heavy atom. The molecule has 138 valence electrons. The zero-order valence-electron chi connectivity index (χ0n) is 15.1. The highest BCUT2D eigenvalue weighted by molar-refractivity contribution is 5.52. The van der Waals surface area contributed by atoms with Crippen LogP contribution >= 0.6 is 0 Å². The van der Waals surface area contributed by atoms with Crippen LogP contribution in [0.25, 0.3) is 17.4 Å². The lowest BCUT2D eigenvalue weighted by molar-refractivity contribution is 0.577. The Bertz CT molecular complexity index is 1040. The number of rotatable bonds is 6. The number of fused-ring (bicyclic) bond motifs is 1. The number of benzene rings is 1. The molecule has 0 unspecified atom stereocenters. The van der Waals surface area contributed by atoms with Gasteiger partial charge in [-0.1, -0.05) is 12.1 Å². The highest BCUT2D eigenvalue weighted by atomic mass is 16.3. The summed E-state index contributed by atoms with van der Waals surface area (Å²) < 4.78 is 6.70. The molecule has 0 aliphatic heterocycles. The van der Waals surface area contributed by atoms with E-state index in [2.05, 4.69) is 54.5 Å². The SMILES string of the molecule is CN(C)c1ccc(CCNc2nc(N)n3nc(-c4ccco4)nc3n2)cc1. The topological polar surface area (TPSA) is 110 Å². The maximum absolute atomic E-state index is 5.99. The van der Waals surface area contributed by atoms with Crippen LogP contribution in [-0.4, -0.2) is 45.2 Å². The van der Waals surface area contributed by atoms with E-state index in [1.54, 1.807) is 18.4 Å². The number of anilines is 3. The Balaban J connectivity index is 1.46. The monoisotopic (exact) mass is 364 g/mol. The van der Waals surface area contributed by atoms with Gasteiger partial charge >= 0.3 is 0 Å². The smallest absolute Gasteiger partial charge is 0.259 e. The average molecular weight is 364 g/mol. The summed E-state index contributed by atoms with van der Waals surface area (Å²) in [6.07, 6.45) is 2.40. The Morgan fingerprint density at radius 2 is 1.93 bits per heavy atom. The number of nitrogen functional groups attached to an aromatic ring is 1. The van der Waals surface area contributed by atoms with Gasteiger partial charge in [0.1, 0.15) is 0 Å². The first-order chi connectivity index (χ1) is 13.1. The van der Waals surface area contributed by atoms with Crippen molar-refractivity contribution in [1.82, 2.24) is 24.6 Å². The third-order valence-corrected chi connectivity index (χ3v) is 4.12. The van der Waals surface area contributed by atoms with Gasteiger partial charge in [0.05, 0.1) is 6.26 Å². The number of nitrogens with one attached hydrogen (secondary N) is 1. The number of hydrogen-bond donors (Lipinski definition) is 2. The molecular formula is C18H20N8O. The molecule has 0 spiro atoms. The molecule has 4 aromatic rings. The predicted octanol–water partition coefficient (Wildman–Crippen LogP) is 2.08. The third kappa shape index (κ3) is 3.52. The Labute approximate surface area is 155 Å². The van der Waals surface area contributed by atoms with Crippen molar-refractivity contribution in [3.8, 4) is 11.6 Å². The molecule has 0 atom stereocenters. The van der Waals surface area contributed by atoms with E-state index in [9.17, 15) is 0 Å². The van der Waals surface area contributed by atoms with Crippen molar-refractivity contribution in [2.45, 2.75) is 6.42 Å². The lowest BCUT2D eigenvalue weighted by Crippen LogP contribution is -2.12. The summed E-state index contributed by atoms with van der Waals surface area (Å²) in [5, 5.41) is 7.47. The van der Waals surface area contributed by atoms with Gasteiger partial charge in [-0.25, -0.2) is 0 Å². The zero-order valence-corrected chi connectivity index (χ0v) is 15.1. The molecule has 27 heavy (non-hydrogen) atoms. The minimum atomic E-state index is 0.211. The minimum Gasteiger partial charge on any atom is -0.461 e. The Kier molecular flexibility index (Phi) is 4.33. The van der Waals surface area contributed by atoms with Crippen LogP contribution in [0.5, 0.6) is 0 Å². The van der Waals surface area contributed by atoms with Crippen LogP contribution in [0.3, 0.4) is 0 Å². The van der Waals surface area contributed by atoms with Crippen LogP contribution in [0.1, 0.15) is 5.56 Å². The second-order valence-corrected chi connectivity index (χ2v) is 6.27. The molecule has 0 radical (unpaired) electrons. The van der Waals surface area contributed by atoms with Gasteiger partial charge in [0.15, 0.2) is 5.76 Å². The first-order valence-electron chi connectivity index (χ1n) is 8.54. The molecule has 9 nitrogen and oxygen atoms in total. The molecule has 0 amide bonds. The predicted molar refractivity (Wildman–Crippen MR) is 104 cm³/mol. The van der Waals surface area contributed by atoms with E-state index in [1.807, 2.05) is 14.1 Å². The van der Waals surface area contributed by atoms with Crippen molar-refractivity contribution < 1.29 is 4.42 Å². The molecule has 0 saturated heterocycles. The number of hydrogen-bond acceptors (Lipinski definition) is 8. The fourth-order valence-corrected chi connectivity index (χ4v) is 2.67. The number of furan rings is 1. The number of nitrogens with zero attached hydrogens (tertiary/aromatic N) is 6. The van der Waals surface area contributed by atoms with Gasteiger partial charge in [-0.3, -0.25) is 0 Å².